The monoisotopic (exact) mass is 352 g/mol. The SMILES string of the molecule is C[C@H](C(=O)N1CC(=O)Nc2ccccc21)N1CCC[C@H]1c1cccn1C. The molecule has 136 valence electrons. The lowest BCUT2D eigenvalue weighted by Gasteiger charge is -2.36. The number of nitrogens with one attached hydrogen (secondary N) is 1. The molecule has 6 nitrogen and oxygen atoms in total. The maximum atomic E-state index is 13.3. The van der Waals surface area contributed by atoms with Crippen LogP contribution >= 0.6 is 0 Å². The number of rotatable bonds is 3. The van der Waals surface area contributed by atoms with E-state index in [-0.39, 0.29) is 30.4 Å². The molecule has 0 radical (unpaired) electrons. The predicted octanol–water partition coefficient (Wildman–Crippen LogP) is 2.54. The molecule has 6 heteroatoms. The Morgan fingerprint density at radius 2 is 2.04 bits per heavy atom. The van der Waals surface area contributed by atoms with Crippen molar-refractivity contribution >= 4 is 23.2 Å². The molecule has 26 heavy (non-hydrogen) atoms. The standard InChI is InChI=1S/C20H24N4O2/c1-14(23-12-6-10-18(23)17-9-5-11-22(17)2)20(26)24-13-19(25)21-15-7-3-4-8-16(15)24/h3-5,7-9,11,14,18H,6,10,12-13H2,1-2H3,(H,21,25)/t14-,18+/m1/s1. The van der Waals surface area contributed by atoms with Gasteiger partial charge in [-0.3, -0.25) is 19.4 Å². The van der Waals surface area contributed by atoms with Gasteiger partial charge in [-0.1, -0.05) is 12.1 Å². The van der Waals surface area contributed by atoms with Crippen LogP contribution < -0.4 is 10.2 Å². The molecule has 2 aromatic rings. The first-order chi connectivity index (χ1) is 12.6. The molecule has 2 atom stereocenters. The minimum atomic E-state index is -0.281. The maximum Gasteiger partial charge on any atom is 0.244 e. The lowest BCUT2D eigenvalue weighted by Crippen LogP contribution is -2.51. The third-order valence-electron chi connectivity index (χ3n) is 5.51. The Hall–Kier alpha value is -2.60. The van der Waals surface area contributed by atoms with E-state index in [1.807, 2.05) is 50.5 Å². The summed E-state index contributed by atoms with van der Waals surface area (Å²) in [5.41, 5.74) is 2.71. The second-order valence-electron chi connectivity index (χ2n) is 7.11. The molecule has 2 aliphatic heterocycles. The van der Waals surface area contributed by atoms with Crippen LogP contribution in [0.15, 0.2) is 42.6 Å². The van der Waals surface area contributed by atoms with Crippen LogP contribution in [0.25, 0.3) is 0 Å². The van der Waals surface area contributed by atoms with Gasteiger partial charge in [-0.15, -0.1) is 0 Å². The lowest BCUT2D eigenvalue weighted by atomic mass is 10.1. The minimum absolute atomic E-state index is 0.0200. The molecule has 0 unspecified atom stereocenters. The minimum Gasteiger partial charge on any atom is -0.353 e. The van der Waals surface area contributed by atoms with E-state index >= 15 is 0 Å². The number of benzene rings is 1. The number of anilines is 2. The number of likely N-dealkylation sites (tertiary alicyclic amines) is 1. The van der Waals surface area contributed by atoms with Gasteiger partial charge in [0, 0.05) is 18.9 Å². The van der Waals surface area contributed by atoms with Gasteiger partial charge in [-0.25, -0.2) is 0 Å². The van der Waals surface area contributed by atoms with Crippen LogP contribution in [0.3, 0.4) is 0 Å². The fraction of sp³-hybridized carbons (Fsp3) is 0.400. The first kappa shape index (κ1) is 16.8. The number of carbonyl (C=O) groups is 2. The number of aryl methyl sites for hydroxylation is 1. The Morgan fingerprint density at radius 1 is 1.23 bits per heavy atom. The normalized spacial score (nSPS) is 21.4. The molecule has 2 aliphatic rings. The van der Waals surface area contributed by atoms with Gasteiger partial charge in [0.25, 0.3) is 0 Å². The number of hydrogen-bond acceptors (Lipinski definition) is 3. The summed E-state index contributed by atoms with van der Waals surface area (Å²) in [6.07, 6.45) is 4.17. The number of fused-ring (bicyclic) bond motifs is 1. The molecule has 1 aromatic carbocycles. The smallest absolute Gasteiger partial charge is 0.244 e. The summed E-state index contributed by atoms with van der Waals surface area (Å²) < 4.78 is 2.13. The van der Waals surface area contributed by atoms with Crippen molar-refractivity contribution in [3.05, 3.63) is 48.3 Å². The van der Waals surface area contributed by atoms with E-state index in [1.165, 1.54) is 5.69 Å². The predicted molar refractivity (Wildman–Crippen MR) is 101 cm³/mol. The fourth-order valence-electron chi connectivity index (χ4n) is 4.19. The molecule has 1 aromatic heterocycles. The van der Waals surface area contributed by atoms with Crippen molar-refractivity contribution in [3.8, 4) is 0 Å². The zero-order chi connectivity index (χ0) is 18.3. The summed E-state index contributed by atoms with van der Waals surface area (Å²) in [7, 11) is 2.05. The highest BCUT2D eigenvalue weighted by molar-refractivity contribution is 6.11. The number of carbonyl (C=O) groups excluding carboxylic acids is 2. The van der Waals surface area contributed by atoms with Crippen LogP contribution in [0.1, 0.15) is 31.5 Å². The van der Waals surface area contributed by atoms with Crippen molar-refractivity contribution in [1.29, 1.82) is 0 Å². The van der Waals surface area contributed by atoms with E-state index in [0.717, 1.165) is 25.1 Å². The molecular weight excluding hydrogens is 328 g/mol. The van der Waals surface area contributed by atoms with Crippen LogP contribution in [-0.4, -0.2) is 40.4 Å². The van der Waals surface area contributed by atoms with E-state index in [0.29, 0.717) is 5.69 Å². The van der Waals surface area contributed by atoms with Crippen molar-refractivity contribution in [2.45, 2.75) is 31.8 Å². The van der Waals surface area contributed by atoms with Gasteiger partial charge in [-0.2, -0.15) is 0 Å². The zero-order valence-corrected chi connectivity index (χ0v) is 15.2. The van der Waals surface area contributed by atoms with Gasteiger partial charge in [0.1, 0.15) is 6.54 Å². The Bertz CT molecular complexity index is 844. The summed E-state index contributed by atoms with van der Waals surface area (Å²) in [4.78, 5) is 29.2. The topological polar surface area (TPSA) is 57.6 Å². The fourth-order valence-corrected chi connectivity index (χ4v) is 4.19. The molecule has 2 amide bonds. The largest absolute Gasteiger partial charge is 0.353 e. The summed E-state index contributed by atoms with van der Waals surface area (Å²) in [5.74, 6) is -0.168. The Morgan fingerprint density at radius 3 is 2.81 bits per heavy atom. The van der Waals surface area contributed by atoms with Gasteiger partial charge >= 0.3 is 0 Å². The average Bonchev–Trinajstić information content (AvgIpc) is 3.28. The van der Waals surface area contributed by atoms with Crippen molar-refractivity contribution < 1.29 is 9.59 Å². The van der Waals surface area contributed by atoms with Crippen LogP contribution in [0.4, 0.5) is 11.4 Å². The summed E-state index contributed by atoms with van der Waals surface area (Å²) >= 11 is 0. The molecule has 3 heterocycles. The van der Waals surface area contributed by atoms with E-state index in [9.17, 15) is 9.59 Å². The van der Waals surface area contributed by atoms with Gasteiger partial charge in [0.05, 0.1) is 23.5 Å². The van der Waals surface area contributed by atoms with Crippen molar-refractivity contribution in [3.63, 3.8) is 0 Å². The van der Waals surface area contributed by atoms with E-state index in [2.05, 4.69) is 20.9 Å². The summed E-state index contributed by atoms with van der Waals surface area (Å²) in [6, 6.07) is 11.6. The number of hydrogen-bond donors (Lipinski definition) is 1. The van der Waals surface area contributed by atoms with Crippen molar-refractivity contribution in [2.75, 3.05) is 23.3 Å². The first-order valence-corrected chi connectivity index (χ1v) is 9.13. The third kappa shape index (κ3) is 2.80. The molecule has 0 aliphatic carbocycles. The van der Waals surface area contributed by atoms with E-state index in [4.69, 9.17) is 0 Å². The molecule has 0 bridgehead atoms. The summed E-state index contributed by atoms with van der Waals surface area (Å²) in [5, 5.41) is 2.84. The Balaban J connectivity index is 1.60. The van der Waals surface area contributed by atoms with Crippen LogP contribution in [0, 0.1) is 0 Å². The second-order valence-corrected chi connectivity index (χ2v) is 7.11. The van der Waals surface area contributed by atoms with Crippen LogP contribution in [0.5, 0.6) is 0 Å². The molecule has 0 spiro atoms. The van der Waals surface area contributed by atoms with Gasteiger partial charge in [0.2, 0.25) is 11.8 Å². The van der Waals surface area contributed by atoms with Gasteiger partial charge < -0.3 is 9.88 Å². The Labute approximate surface area is 153 Å². The number of amides is 2. The average molecular weight is 352 g/mol. The second kappa shape index (κ2) is 6.61. The van der Waals surface area contributed by atoms with E-state index in [1.54, 1.807) is 4.90 Å². The van der Waals surface area contributed by atoms with Gasteiger partial charge in [0.15, 0.2) is 0 Å². The maximum absolute atomic E-state index is 13.3. The highest BCUT2D eigenvalue weighted by atomic mass is 16.2. The Kier molecular flexibility index (Phi) is 4.28. The number of nitrogens with zero attached hydrogens (tertiary/aromatic N) is 3. The lowest BCUT2D eigenvalue weighted by molar-refractivity contribution is -0.125. The molecule has 1 N–H and O–H groups in total. The third-order valence-corrected chi connectivity index (χ3v) is 5.51. The molecule has 1 fully saturated rings. The highest BCUT2D eigenvalue weighted by Gasteiger charge is 2.37. The van der Waals surface area contributed by atoms with Crippen LogP contribution in [-0.2, 0) is 16.6 Å². The van der Waals surface area contributed by atoms with Crippen molar-refractivity contribution in [1.82, 2.24) is 9.47 Å². The highest BCUT2D eigenvalue weighted by Crippen LogP contribution is 2.35. The quantitative estimate of drug-likeness (QED) is 0.924. The van der Waals surface area contributed by atoms with Gasteiger partial charge in [-0.05, 0) is 50.6 Å². The zero-order valence-electron chi connectivity index (χ0n) is 15.2. The molecule has 0 saturated carbocycles. The summed E-state index contributed by atoms with van der Waals surface area (Å²) in [6.45, 7) is 2.92. The van der Waals surface area contributed by atoms with Crippen LogP contribution in [0.2, 0.25) is 0 Å². The molecule has 1 saturated heterocycles. The number of aromatic nitrogens is 1. The number of para-hydroxylation sites is 2. The first-order valence-electron chi connectivity index (χ1n) is 9.13. The van der Waals surface area contributed by atoms with E-state index < -0.39 is 0 Å². The molecule has 4 rings (SSSR count). The van der Waals surface area contributed by atoms with Crippen molar-refractivity contribution in [2.24, 2.45) is 7.05 Å². The molecular formula is C20H24N4O2.